The molecule has 0 fully saturated rings. The van der Waals surface area contributed by atoms with E-state index in [4.69, 9.17) is 21.4 Å². The van der Waals surface area contributed by atoms with Gasteiger partial charge in [-0.15, -0.1) is 0 Å². The number of nitrogens with one attached hydrogen (secondary N) is 2. The lowest BCUT2D eigenvalue weighted by Gasteiger charge is -2.15. The van der Waals surface area contributed by atoms with E-state index in [9.17, 15) is 9.59 Å². The summed E-state index contributed by atoms with van der Waals surface area (Å²) in [5, 5.41) is 14.9. The highest BCUT2D eigenvalue weighted by atomic mass is 79.9. The number of anilines is 1. The van der Waals surface area contributed by atoms with Crippen molar-refractivity contribution in [3.63, 3.8) is 0 Å². The Morgan fingerprint density at radius 3 is 2.36 bits per heavy atom. The monoisotopic (exact) mass is 532 g/mol. The van der Waals surface area contributed by atoms with Gasteiger partial charge in [-0.05, 0) is 81.6 Å². The molecular formula is C19H19Br2ClN2O4. The van der Waals surface area contributed by atoms with E-state index in [0.717, 1.165) is 11.3 Å². The molecule has 9 heteroatoms. The Balaban J connectivity index is 2.13. The Labute approximate surface area is 184 Å². The standard InChI is InChI=1S/C19H19Br2ClN2O4/c1-10(2)24-14-4-11(3-13(22)7-14)9-28-18-15(20)5-12(6-16(18)21)19(27)23-8-17(25)26/h3-7,10,24H,8-9H2,1-2H3,(H,23,27)(H,25,26). The van der Waals surface area contributed by atoms with Crippen LogP contribution in [0.4, 0.5) is 5.69 Å². The Bertz CT molecular complexity index is 867. The average molecular weight is 535 g/mol. The van der Waals surface area contributed by atoms with E-state index in [1.165, 1.54) is 0 Å². The van der Waals surface area contributed by atoms with Gasteiger partial charge in [-0.3, -0.25) is 9.59 Å². The third-order valence-corrected chi connectivity index (χ3v) is 4.85. The number of hydrogen-bond acceptors (Lipinski definition) is 4. The van der Waals surface area contributed by atoms with Crippen molar-refractivity contribution in [2.45, 2.75) is 26.5 Å². The first-order chi connectivity index (χ1) is 13.2. The van der Waals surface area contributed by atoms with Gasteiger partial charge in [0.15, 0.2) is 0 Å². The van der Waals surface area contributed by atoms with Gasteiger partial charge in [0, 0.05) is 22.3 Å². The van der Waals surface area contributed by atoms with Gasteiger partial charge in [-0.2, -0.15) is 0 Å². The quantitative estimate of drug-likeness (QED) is 0.440. The predicted octanol–water partition coefficient (Wildman–Crippen LogP) is 5.08. The van der Waals surface area contributed by atoms with E-state index in [1.54, 1.807) is 12.1 Å². The number of hydrogen-bond donors (Lipinski definition) is 3. The van der Waals surface area contributed by atoms with Crippen molar-refractivity contribution in [3.8, 4) is 5.75 Å². The molecule has 0 aliphatic rings. The summed E-state index contributed by atoms with van der Waals surface area (Å²) in [6, 6.07) is 9.04. The Morgan fingerprint density at radius 2 is 1.79 bits per heavy atom. The first kappa shape index (κ1) is 22.5. The molecule has 0 atom stereocenters. The minimum atomic E-state index is -1.11. The van der Waals surface area contributed by atoms with Crippen molar-refractivity contribution in [2.75, 3.05) is 11.9 Å². The molecule has 0 aliphatic carbocycles. The molecule has 6 nitrogen and oxygen atoms in total. The summed E-state index contributed by atoms with van der Waals surface area (Å²) in [5.41, 5.74) is 2.10. The molecule has 0 saturated heterocycles. The van der Waals surface area contributed by atoms with Crippen molar-refractivity contribution in [2.24, 2.45) is 0 Å². The minimum Gasteiger partial charge on any atom is -0.487 e. The predicted molar refractivity (Wildman–Crippen MR) is 116 cm³/mol. The molecule has 0 aliphatic heterocycles. The molecule has 2 rings (SSSR count). The number of carbonyl (C=O) groups is 2. The van der Waals surface area contributed by atoms with Crippen LogP contribution >= 0.6 is 43.5 Å². The lowest BCUT2D eigenvalue weighted by atomic mass is 10.2. The first-order valence-electron chi connectivity index (χ1n) is 8.33. The molecule has 2 aromatic carbocycles. The number of aliphatic carboxylic acids is 1. The number of rotatable bonds is 8. The lowest BCUT2D eigenvalue weighted by Crippen LogP contribution is -2.29. The molecule has 0 saturated carbocycles. The highest BCUT2D eigenvalue weighted by Crippen LogP contribution is 2.35. The summed E-state index contributed by atoms with van der Waals surface area (Å²) in [6.45, 7) is 3.90. The Kier molecular flexibility index (Phi) is 8.15. The fraction of sp³-hybridized carbons (Fsp3) is 0.263. The summed E-state index contributed by atoms with van der Waals surface area (Å²) < 4.78 is 7.02. The third kappa shape index (κ3) is 6.68. The summed E-state index contributed by atoms with van der Waals surface area (Å²) in [6.07, 6.45) is 0. The van der Waals surface area contributed by atoms with Crippen LogP contribution in [0.25, 0.3) is 0 Å². The van der Waals surface area contributed by atoms with Gasteiger partial charge in [0.2, 0.25) is 0 Å². The van der Waals surface area contributed by atoms with Crippen LogP contribution in [-0.2, 0) is 11.4 Å². The molecule has 0 bridgehead atoms. The number of halogens is 3. The molecule has 0 heterocycles. The zero-order valence-electron chi connectivity index (χ0n) is 15.2. The van der Waals surface area contributed by atoms with E-state index >= 15 is 0 Å². The molecule has 0 spiro atoms. The van der Waals surface area contributed by atoms with Gasteiger partial charge in [0.1, 0.15) is 18.9 Å². The van der Waals surface area contributed by atoms with Crippen LogP contribution in [0.2, 0.25) is 5.02 Å². The van der Waals surface area contributed by atoms with Gasteiger partial charge in [-0.25, -0.2) is 0 Å². The smallest absolute Gasteiger partial charge is 0.322 e. The Hall–Kier alpha value is -1.77. The SMILES string of the molecule is CC(C)Nc1cc(Cl)cc(COc2c(Br)cc(C(=O)NCC(=O)O)cc2Br)c1. The normalized spacial score (nSPS) is 10.6. The number of carboxylic acid groups (broad SMARTS) is 1. The van der Waals surface area contributed by atoms with Crippen LogP contribution in [0, 0.1) is 0 Å². The molecule has 0 aromatic heterocycles. The van der Waals surface area contributed by atoms with Crippen molar-refractivity contribution in [3.05, 3.63) is 55.4 Å². The van der Waals surface area contributed by atoms with Crippen LogP contribution in [0.5, 0.6) is 5.75 Å². The fourth-order valence-corrected chi connectivity index (χ4v) is 4.07. The Morgan fingerprint density at radius 1 is 1.14 bits per heavy atom. The van der Waals surface area contributed by atoms with E-state index in [1.807, 2.05) is 32.0 Å². The lowest BCUT2D eigenvalue weighted by molar-refractivity contribution is -0.135. The maximum atomic E-state index is 12.0. The van der Waals surface area contributed by atoms with Gasteiger partial charge >= 0.3 is 5.97 Å². The van der Waals surface area contributed by atoms with Crippen LogP contribution < -0.4 is 15.4 Å². The largest absolute Gasteiger partial charge is 0.487 e. The topological polar surface area (TPSA) is 87.7 Å². The third-order valence-electron chi connectivity index (χ3n) is 3.46. The number of benzene rings is 2. The highest BCUT2D eigenvalue weighted by molar-refractivity contribution is 9.11. The summed E-state index contributed by atoms with van der Waals surface area (Å²) in [4.78, 5) is 22.6. The fourth-order valence-electron chi connectivity index (χ4n) is 2.39. The maximum Gasteiger partial charge on any atom is 0.322 e. The zero-order valence-corrected chi connectivity index (χ0v) is 19.1. The molecular weight excluding hydrogens is 515 g/mol. The molecule has 3 N–H and O–H groups in total. The van der Waals surface area contributed by atoms with Crippen molar-refractivity contribution in [1.29, 1.82) is 0 Å². The summed E-state index contributed by atoms with van der Waals surface area (Å²) in [7, 11) is 0. The van der Waals surface area contributed by atoms with Crippen LogP contribution in [-0.4, -0.2) is 29.6 Å². The number of carboxylic acids is 1. The van der Waals surface area contributed by atoms with Gasteiger partial charge < -0.3 is 20.5 Å². The number of carbonyl (C=O) groups excluding carboxylic acids is 1. The van der Waals surface area contributed by atoms with Crippen LogP contribution in [0.1, 0.15) is 29.8 Å². The molecule has 2 aromatic rings. The van der Waals surface area contributed by atoms with E-state index in [-0.39, 0.29) is 12.6 Å². The average Bonchev–Trinajstić information content (AvgIpc) is 2.57. The van der Waals surface area contributed by atoms with E-state index < -0.39 is 18.4 Å². The van der Waals surface area contributed by atoms with Crippen molar-refractivity contribution >= 4 is 61.0 Å². The molecule has 0 unspecified atom stereocenters. The number of amides is 1. The first-order valence-corrected chi connectivity index (χ1v) is 10.3. The van der Waals surface area contributed by atoms with Crippen LogP contribution in [0.15, 0.2) is 39.3 Å². The van der Waals surface area contributed by atoms with E-state index in [2.05, 4.69) is 42.5 Å². The molecule has 0 radical (unpaired) electrons. The van der Waals surface area contributed by atoms with Gasteiger partial charge in [0.25, 0.3) is 5.91 Å². The second-order valence-corrected chi connectivity index (χ2v) is 8.43. The second-order valence-electron chi connectivity index (χ2n) is 6.28. The van der Waals surface area contributed by atoms with Crippen molar-refractivity contribution in [1.82, 2.24) is 5.32 Å². The van der Waals surface area contributed by atoms with Crippen LogP contribution in [0.3, 0.4) is 0 Å². The number of ether oxygens (including phenoxy) is 1. The highest BCUT2D eigenvalue weighted by Gasteiger charge is 2.15. The van der Waals surface area contributed by atoms with Gasteiger partial charge in [-0.1, -0.05) is 11.6 Å². The minimum absolute atomic E-state index is 0.273. The molecule has 150 valence electrons. The molecule has 1 amide bonds. The van der Waals surface area contributed by atoms with Gasteiger partial charge in [0.05, 0.1) is 8.95 Å². The maximum absolute atomic E-state index is 12.0. The summed E-state index contributed by atoms with van der Waals surface area (Å²) in [5.74, 6) is -1.08. The van der Waals surface area contributed by atoms with E-state index in [0.29, 0.717) is 25.3 Å². The zero-order chi connectivity index (χ0) is 20.8. The molecule has 28 heavy (non-hydrogen) atoms. The summed E-state index contributed by atoms with van der Waals surface area (Å²) >= 11 is 13.0. The van der Waals surface area contributed by atoms with Crippen molar-refractivity contribution < 1.29 is 19.4 Å². The second kappa shape index (κ2) is 10.1.